The Balaban J connectivity index is 2.29. The van der Waals surface area contributed by atoms with E-state index < -0.39 is 10.0 Å². The molecule has 0 aliphatic heterocycles. The molecular formula is C15H24N2O2S. The van der Waals surface area contributed by atoms with E-state index in [0.717, 1.165) is 24.9 Å². The lowest BCUT2D eigenvalue weighted by Crippen LogP contribution is -2.33. The lowest BCUT2D eigenvalue weighted by atomic mass is 10.1. The predicted octanol–water partition coefficient (Wildman–Crippen LogP) is 2.53. The van der Waals surface area contributed by atoms with Gasteiger partial charge in [0.05, 0.1) is 4.90 Å². The highest BCUT2D eigenvalue weighted by Crippen LogP contribution is 2.32. The molecule has 20 heavy (non-hydrogen) atoms. The van der Waals surface area contributed by atoms with Gasteiger partial charge in [-0.15, -0.1) is 0 Å². The van der Waals surface area contributed by atoms with Crippen LogP contribution in [0, 0.1) is 0 Å². The van der Waals surface area contributed by atoms with Gasteiger partial charge in [-0.3, -0.25) is 0 Å². The second-order valence-electron chi connectivity index (χ2n) is 5.29. The molecule has 1 aromatic carbocycles. The molecular weight excluding hydrogens is 272 g/mol. The van der Waals surface area contributed by atoms with Crippen molar-refractivity contribution in [2.24, 2.45) is 0 Å². The second kappa shape index (κ2) is 6.24. The van der Waals surface area contributed by atoms with Gasteiger partial charge in [0.1, 0.15) is 0 Å². The first-order valence-electron chi connectivity index (χ1n) is 7.35. The molecule has 0 bridgehead atoms. The zero-order valence-electron chi connectivity index (χ0n) is 12.5. The molecule has 1 aromatic rings. The van der Waals surface area contributed by atoms with Crippen LogP contribution >= 0.6 is 0 Å². The molecule has 4 nitrogen and oxygen atoms in total. The van der Waals surface area contributed by atoms with Crippen LogP contribution in [0.25, 0.3) is 0 Å². The van der Waals surface area contributed by atoms with Gasteiger partial charge in [-0.1, -0.05) is 26.0 Å². The standard InChI is InChI=1S/C15H24N2O2S/c1-4-16-12(3)13-7-6-8-15(11-13)20(18,19)17(5-2)14-9-10-14/h6-8,11-12,14,16H,4-5,9-10H2,1-3H3. The number of nitrogens with zero attached hydrogens (tertiary/aromatic N) is 1. The molecule has 1 unspecified atom stereocenters. The van der Waals surface area contributed by atoms with Crippen LogP contribution in [0.15, 0.2) is 29.2 Å². The zero-order chi connectivity index (χ0) is 14.8. The van der Waals surface area contributed by atoms with Crippen molar-refractivity contribution in [3.63, 3.8) is 0 Å². The third-order valence-corrected chi connectivity index (χ3v) is 5.76. The molecule has 0 amide bonds. The van der Waals surface area contributed by atoms with Gasteiger partial charge >= 0.3 is 0 Å². The Morgan fingerprint density at radius 3 is 2.60 bits per heavy atom. The molecule has 1 saturated carbocycles. The van der Waals surface area contributed by atoms with Crippen molar-refractivity contribution in [3.05, 3.63) is 29.8 Å². The Morgan fingerprint density at radius 2 is 2.05 bits per heavy atom. The molecule has 1 atom stereocenters. The van der Waals surface area contributed by atoms with Gasteiger partial charge in [-0.2, -0.15) is 4.31 Å². The Kier molecular flexibility index (Phi) is 4.83. The predicted molar refractivity (Wildman–Crippen MR) is 81.1 cm³/mol. The van der Waals surface area contributed by atoms with Crippen LogP contribution in [-0.2, 0) is 10.0 Å². The fourth-order valence-corrected chi connectivity index (χ4v) is 4.24. The van der Waals surface area contributed by atoms with Gasteiger partial charge in [0.25, 0.3) is 0 Å². The van der Waals surface area contributed by atoms with Crippen LogP contribution in [0.5, 0.6) is 0 Å². The maximum atomic E-state index is 12.7. The molecule has 1 N–H and O–H groups in total. The van der Waals surface area contributed by atoms with Crippen molar-refractivity contribution >= 4 is 10.0 Å². The minimum absolute atomic E-state index is 0.158. The Bertz CT molecular complexity index is 553. The van der Waals surface area contributed by atoms with E-state index in [2.05, 4.69) is 5.32 Å². The molecule has 1 aliphatic carbocycles. The summed E-state index contributed by atoms with van der Waals surface area (Å²) in [6, 6.07) is 7.67. The van der Waals surface area contributed by atoms with Gasteiger partial charge < -0.3 is 5.32 Å². The number of benzene rings is 1. The monoisotopic (exact) mass is 296 g/mol. The third-order valence-electron chi connectivity index (χ3n) is 3.74. The molecule has 0 radical (unpaired) electrons. The van der Waals surface area contributed by atoms with E-state index in [4.69, 9.17) is 0 Å². The smallest absolute Gasteiger partial charge is 0.243 e. The van der Waals surface area contributed by atoms with Crippen molar-refractivity contribution in [2.75, 3.05) is 13.1 Å². The Labute approximate surface area is 122 Å². The maximum Gasteiger partial charge on any atom is 0.243 e. The van der Waals surface area contributed by atoms with E-state index in [0.29, 0.717) is 11.4 Å². The summed E-state index contributed by atoms with van der Waals surface area (Å²) in [7, 11) is -3.35. The maximum absolute atomic E-state index is 12.7. The summed E-state index contributed by atoms with van der Waals surface area (Å²) >= 11 is 0. The molecule has 2 rings (SSSR count). The third kappa shape index (κ3) is 3.22. The summed E-state index contributed by atoms with van der Waals surface area (Å²) in [5, 5.41) is 3.31. The van der Waals surface area contributed by atoms with Crippen LogP contribution in [0.3, 0.4) is 0 Å². The minimum Gasteiger partial charge on any atom is -0.310 e. The first kappa shape index (κ1) is 15.5. The topological polar surface area (TPSA) is 49.4 Å². The van der Waals surface area contributed by atoms with Crippen molar-refractivity contribution in [2.45, 2.75) is 50.6 Å². The van der Waals surface area contributed by atoms with E-state index in [1.165, 1.54) is 0 Å². The number of hydrogen-bond acceptors (Lipinski definition) is 3. The fraction of sp³-hybridized carbons (Fsp3) is 0.600. The number of hydrogen-bond donors (Lipinski definition) is 1. The second-order valence-corrected chi connectivity index (χ2v) is 7.18. The Hall–Kier alpha value is -0.910. The quantitative estimate of drug-likeness (QED) is 0.841. The normalized spacial score (nSPS) is 17.4. The summed E-state index contributed by atoms with van der Waals surface area (Å²) in [4.78, 5) is 0.411. The molecule has 0 heterocycles. The molecule has 5 heteroatoms. The van der Waals surface area contributed by atoms with Crippen molar-refractivity contribution in [3.8, 4) is 0 Å². The fourth-order valence-electron chi connectivity index (χ4n) is 2.49. The number of nitrogens with one attached hydrogen (secondary N) is 1. The minimum atomic E-state index is -3.35. The van der Waals surface area contributed by atoms with E-state index in [1.807, 2.05) is 32.9 Å². The van der Waals surface area contributed by atoms with Crippen LogP contribution in [-0.4, -0.2) is 31.9 Å². The zero-order valence-corrected chi connectivity index (χ0v) is 13.3. The van der Waals surface area contributed by atoms with Crippen molar-refractivity contribution < 1.29 is 8.42 Å². The van der Waals surface area contributed by atoms with Crippen molar-refractivity contribution in [1.82, 2.24) is 9.62 Å². The van der Waals surface area contributed by atoms with E-state index in [-0.39, 0.29) is 12.1 Å². The van der Waals surface area contributed by atoms with Gasteiger partial charge in [0.2, 0.25) is 10.0 Å². The highest BCUT2D eigenvalue weighted by atomic mass is 32.2. The number of rotatable bonds is 7. The number of sulfonamides is 1. The summed E-state index contributed by atoms with van der Waals surface area (Å²) < 4.78 is 27.0. The van der Waals surface area contributed by atoms with E-state index in [1.54, 1.807) is 16.4 Å². The van der Waals surface area contributed by atoms with Gasteiger partial charge in [0.15, 0.2) is 0 Å². The van der Waals surface area contributed by atoms with Gasteiger partial charge in [-0.05, 0) is 44.0 Å². The first-order valence-corrected chi connectivity index (χ1v) is 8.79. The van der Waals surface area contributed by atoms with Crippen LogP contribution in [0.4, 0.5) is 0 Å². The van der Waals surface area contributed by atoms with Crippen LogP contribution in [0.1, 0.15) is 45.2 Å². The summed E-state index contributed by atoms with van der Waals surface area (Å²) in [5.74, 6) is 0. The Morgan fingerprint density at radius 1 is 1.35 bits per heavy atom. The van der Waals surface area contributed by atoms with E-state index >= 15 is 0 Å². The first-order chi connectivity index (χ1) is 9.50. The van der Waals surface area contributed by atoms with Crippen LogP contribution < -0.4 is 5.32 Å². The lowest BCUT2D eigenvalue weighted by Gasteiger charge is -2.21. The molecule has 0 saturated heterocycles. The van der Waals surface area contributed by atoms with Gasteiger partial charge in [0, 0.05) is 18.6 Å². The lowest BCUT2D eigenvalue weighted by molar-refractivity contribution is 0.421. The van der Waals surface area contributed by atoms with Crippen molar-refractivity contribution in [1.29, 1.82) is 0 Å². The largest absolute Gasteiger partial charge is 0.310 e. The van der Waals surface area contributed by atoms with Crippen LogP contribution in [0.2, 0.25) is 0 Å². The van der Waals surface area contributed by atoms with Gasteiger partial charge in [-0.25, -0.2) is 8.42 Å². The van der Waals surface area contributed by atoms with E-state index in [9.17, 15) is 8.42 Å². The highest BCUT2D eigenvalue weighted by molar-refractivity contribution is 7.89. The summed E-state index contributed by atoms with van der Waals surface area (Å²) in [6.07, 6.45) is 1.97. The molecule has 0 spiro atoms. The SMILES string of the molecule is CCNC(C)c1cccc(S(=O)(=O)N(CC)C2CC2)c1. The molecule has 1 fully saturated rings. The highest BCUT2D eigenvalue weighted by Gasteiger charge is 2.36. The summed E-state index contributed by atoms with van der Waals surface area (Å²) in [6.45, 7) is 7.40. The average molecular weight is 296 g/mol. The average Bonchev–Trinajstić information content (AvgIpc) is 3.24. The summed E-state index contributed by atoms with van der Waals surface area (Å²) in [5.41, 5.74) is 1.01. The molecule has 1 aliphatic rings. The molecule has 112 valence electrons. The molecule has 0 aromatic heterocycles.